The topological polar surface area (TPSA) is 22.1 Å². The summed E-state index contributed by atoms with van der Waals surface area (Å²) < 4.78 is 77.6. The number of alkyl halides is 6. The molecule has 0 N–H and O–H groups in total. The Bertz CT molecular complexity index is 666. The van der Waals surface area contributed by atoms with Gasteiger partial charge in [-0.1, -0.05) is 0 Å². The molecule has 0 fully saturated rings. The maximum Gasteiger partial charge on any atom is 0.573 e. The van der Waals surface area contributed by atoms with E-state index in [1.54, 1.807) is 0 Å². The zero-order valence-electron chi connectivity index (χ0n) is 10.5. The van der Waals surface area contributed by atoms with Crippen LogP contribution in [0, 0.1) is 3.57 Å². The van der Waals surface area contributed by atoms with Crippen molar-refractivity contribution in [2.24, 2.45) is 0 Å². The molecule has 0 unspecified atom stereocenters. The van der Waals surface area contributed by atoms with Crippen molar-refractivity contribution in [3.8, 4) is 17.0 Å². The van der Waals surface area contributed by atoms with Gasteiger partial charge in [0.05, 0.1) is 11.3 Å². The average molecular weight is 433 g/mol. The third-order valence-electron chi connectivity index (χ3n) is 2.54. The molecule has 0 atom stereocenters. The lowest BCUT2D eigenvalue weighted by molar-refractivity contribution is -0.274. The standard InChI is InChI=1S/C13H6F6INO/c14-12(15,16)9-6-21-11(5-10(9)20)7-1-3-8(4-2-7)22-13(17,18)19/h1-6H. The lowest BCUT2D eigenvalue weighted by Crippen LogP contribution is -2.16. The first-order valence-corrected chi connectivity index (χ1v) is 6.73. The summed E-state index contributed by atoms with van der Waals surface area (Å²) in [5.41, 5.74) is -0.272. The van der Waals surface area contributed by atoms with Gasteiger partial charge in [0, 0.05) is 15.3 Å². The minimum Gasteiger partial charge on any atom is -0.406 e. The normalized spacial score (nSPS) is 12.3. The Morgan fingerprint density at radius 2 is 1.55 bits per heavy atom. The largest absolute Gasteiger partial charge is 0.573 e. The number of pyridine rings is 1. The SMILES string of the molecule is FC(F)(F)Oc1ccc(-c2cc(I)c(C(F)(F)F)cn2)cc1. The predicted octanol–water partition coefficient (Wildman–Crippen LogP) is 5.27. The van der Waals surface area contributed by atoms with Crippen LogP contribution in [0.5, 0.6) is 5.75 Å². The van der Waals surface area contributed by atoms with Gasteiger partial charge in [-0.15, -0.1) is 13.2 Å². The van der Waals surface area contributed by atoms with Crippen molar-refractivity contribution in [3.05, 3.63) is 45.7 Å². The van der Waals surface area contributed by atoms with Crippen molar-refractivity contribution in [3.63, 3.8) is 0 Å². The zero-order valence-corrected chi connectivity index (χ0v) is 12.6. The van der Waals surface area contributed by atoms with Crippen LogP contribution in [0.1, 0.15) is 5.56 Å². The molecular formula is C13H6F6INO. The molecule has 0 aliphatic heterocycles. The first kappa shape index (κ1) is 16.8. The molecule has 9 heteroatoms. The lowest BCUT2D eigenvalue weighted by Gasteiger charge is -2.11. The van der Waals surface area contributed by atoms with Crippen molar-refractivity contribution >= 4 is 22.6 Å². The summed E-state index contributed by atoms with van der Waals surface area (Å²) in [7, 11) is 0. The van der Waals surface area contributed by atoms with E-state index in [1.807, 2.05) is 0 Å². The van der Waals surface area contributed by atoms with Crippen LogP contribution in [-0.4, -0.2) is 11.3 Å². The van der Waals surface area contributed by atoms with E-state index < -0.39 is 23.9 Å². The molecule has 1 aromatic heterocycles. The molecule has 0 aliphatic carbocycles. The number of rotatable bonds is 2. The highest BCUT2D eigenvalue weighted by Crippen LogP contribution is 2.34. The van der Waals surface area contributed by atoms with Crippen molar-refractivity contribution in [2.45, 2.75) is 12.5 Å². The van der Waals surface area contributed by atoms with Gasteiger partial charge in [-0.25, -0.2) is 0 Å². The van der Waals surface area contributed by atoms with Crippen molar-refractivity contribution < 1.29 is 31.1 Å². The van der Waals surface area contributed by atoms with Gasteiger partial charge >= 0.3 is 12.5 Å². The van der Waals surface area contributed by atoms with Crippen LogP contribution >= 0.6 is 22.6 Å². The summed E-state index contributed by atoms with van der Waals surface area (Å²) in [5.74, 6) is -0.419. The van der Waals surface area contributed by atoms with E-state index in [1.165, 1.54) is 40.8 Å². The van der Waals surface area contributed by atoms with Gasteiger partial charge in [-0.3, -0.25) is 4.98 Å². The second kappa shape index (κ2) is 5.94. The van der Waals surface area contributed by atoms with E-state index in [0.29, 0.717) is 11.8 Å². The molecule has 118 valence electrons. The second-order valence-corrected chi connectivity index (χ2v) is 5.28. The quantitative estimate of drug-likeness (QED) is 0.476. The van der Waals surface area contributed by atoms with Crippen molar-refractivity contribution in [1.29, 1.82) is 0 Å². The lowest BCUT2D eigenvalue weighted by atomic mass is 10.1. The monoisotopic (exact) mass is 433 g/mol. The van der Waals surface area contributed by atoms with Gasteiger partial charge in [0.25, 0.3) is 0 Å². The Labute approximate surface area is 134 Å². The fraction of sp³-hybridized carbons (Fsp3) is 0.154. The molecule has 0 aliphatic rings. The second-order valence-electron chi connectivity index (χ2n) is 4.12. The van der Waals surface area contributed by atoms with E-state index in [0.717, 1.165) is 12.1 Å². The van der Waals surface area contributed by atoms with E-state index in [-0.39, 0.29) is 9.26 Å². The molecule has 22 heavy (non-hydrogen) atoms. The summed E-state index contributed by atoms with van der Waals surface area (Å²) in [5, 5.41) is 0. The highest BCUT2D eigenvalue weighted by molar-refractivity contribution is 14.1. The van der Waals surface area contributed by atoms with Crippen LogP contribution in [-0.2, 0) is 6.18 Å². The summed E-state index contributed by atoms with van der Waals surface area (Å²) in [6.07, 6.45) is -8.62. The molecule has 2 rings (SSSR count). The van der Waals surface area contributed by atoms with Gasteiger partial charge in [-0.05, 0) is 52.9 Å². The molecule has 0 saturated heterocycles. The summed E-state index contributed by atoms with van der Waals surface area (Å²) in [6, 6.07) is 5.91. The van der Waals surface area contributed by atoms with Crippen LogP contribution in [0.15, 0.2) is 36.5 Å². The summed E-state index contributed by atoms with van der Waals surface area (Å²) >= 11 is 1.53. The first-order valence-electron chi connectivity index (χ1n) is 5.65. The van der Waals surface area contributed by atoms with Crippen molar-refractivity contribution in [2.75, 3.05) is 0 Å². The number of benzene rings is 1. The van der Waals surface area contributed by atoms with Crippen LogP contribution in [0.3, 0.4) is 0 Å². The van der Waals surface area contributed by atoms with Gasteiger partial charge < -0.3 is 4.74 Å². The molecule has 1 aromatic carbocycles. The number of hydrogen-bond acceptors (Lipinski definition) is 2. The Morgan fingerprint density at radius 1 is 0.955 bits per heavy atom. The number of aromatic nitrogens is 1. The van der Waals surface area contributed by atoms with Crippen LogP contribution in [0.25, 0.3) is 11.3 Å². The van der Waals surface area contributed by atoms with Gasteiger partial charge in [0.1, 0.15) is 5.75 Å². The number of nitrogens with zero attached hydrogens (tertiary/aromatic N) is 1. The zero-order chi connectivity index (χ0) is 16.5. The predicted molar refractivity (Wildman–Crippen MR) is 74.1 cm³/mol. The third-order valence-corrected chi connectivity index (χ3v) is 3.44. The molecule has 0 bridgehead atoms. The molecule has 0 amide bonds. The summed E-state index contributed by atoms with van der Waals surface area (Å²) in [4.78, 5) is 3.69. The third kappa shape index (κ3) is 4.24. The fourth-order valence-electron chi connectivity index (χ4n) is 1.62. The van der Waals surface area contributed by atoms with Gasteiger partial charge in [-0.2, -0.15) is 13.2 Å². The van der Waals surface area contributed by atoms with Crippen LogP contribution in [0.4, 0.5) is 26.3 Å². The minimum absolute atomic E-state index is 0.0503. The van der Waals surface area contributed by atoms with Crippen LogP contribution in [0.2, 0.25) is 0 Å². The van der Waals surface area contributed by atoms with Gasteiger partial charge in [0.15, 0.2) is 0 Å². The van der Waals surface area contributed by atoms with Crippen LogP contribution < -0.4 is 4.74 Å². The average Bonchev–Trinajstić information content (AvgIpc) is 2.36. The highest BCUT2D eigenvalue weighted by atomic mass is 127. The minimum atomic E-state index is -4.80. The molecular weight excluding hydrogens is 427 g/mol. The highest BCUT2D eigenvalue weighted by Gasteiger charge is 2.33. The summed E-state index contributed by atoms with van der Waals surface area (Å²) in [6.45, 7) is 0. The Balaban J connectivity index is 2.28. The van der Waals surface area contributed by atoms with E-state index in [2.05, 4.69) is 9.72 Å². The number of hydrogen-bond donors (Lipinski definition) is 0. The fourth-order valence-corrected chi connectivity index (χ4v) is 2.36. The van der Waals surface area contributed by atoms with E-state index in [4.69, 9.17) is 0 Å². The van der Waals surface area contributed by atoms with Gasteiger partial charge in [0.2, 0.25) is 0 Å². The maximum absolute atomic E-state index is 12.6. The molecule has 0 saturated carbocycles. The Hall–Kier alpha value is -1.52. The van der Waals surface area contributed by atoms with Crippen molar-refractivity contribution in [1.82, 2.24) is 4.98 Å². The molecule has 1 heterocycles. The van der Waals surface area contributed by atoms with E-state index in [9.17, 15) is 26.3 Å². The number of ether oxygens (including phenoxy) is 1. The molecule has 0 spiro atoms. The van der Waals surface area contributed by atoms with E-state index >= 15 is 0 Å². The maximum atomic E-state index is 12.6. The Morgan fingerprint density at radius 3 is 2.00 bits per heavy atom. The smallest absolute Gasteiger partial charge is 0.406 e. The Kier molecular flexibility index (Phi) is 4.54. The molecule has 0 radical (unpaired) electrons. The first-order chi connectivity index (χ1) is 10.1. The molecule has 2 nitrogen and oxygen atoms in total. The number of halogens is 7. The molecule has 2 aromatic rings.